The highest BCUT2D eigenvalue weighted by Gasteiger charge is 2.21. The molecule has 2 rings (SSSR count). The van der Waals surface area contributed by atoms with Crippen molar-refractivity contribution in [3.05, 3.63) is 26.6 Å². The Hall–Kier alpha value is -0.720. The van der Waals surface area contributed by atoms with Crippen molar-refractivity contribution >= 4 is 44.6 Å². The average Bonchev–Trinajstić information content (AvgIpc) is 2.83. The highest BCUT2D eigenvalue weighted by Crippen LogP contribution is 2.38. The number of hydrogen-bond donors (Lipinski definition) is 0. The van der Waals surface area contributed by atoms with Gasteiger partial charge >= 0.3 is 5.97 Å². The van der Waals surface area contributed by atoms with Crippen LogP contribution in [-0.4, -0.2) is 18.1 Å². The second kappa shape index (κ2) is 4.65. The van der Waals surface area contributed by atoms with Crippen LogP contribution in [0.25, 0.3) is 9.75 Å². The van der Waals surface area contributed by atoms with E-state index in [1.54, 1.807) is 11.3 Å². The second-order valence-electron chi connectivity index (χ2n) is 3.07. The molecule has 2 aromatic heterocycles. The Bertz CT molecular complexity index is 533. The summed E-state index contributed by atoms with van der Waals surface area (Å²) in [6.07, 6.45) is 0. The van der Waals surface area contributed by atoms with Crippen LogP contribution in [0.2, 0.25) is 0 Å². The topological polar surface area (TPSA) is 39.2 Å². The van der Waals surface area contributed by atoms with Gasteiger partial charge in [-0.05, 0) is 39.9 Å². The standard InChI is InChI=1S/C10H8BrNO2S2/c1-5-3-4-15-7(5)8-6(9(13)14-2)12-10(11)16-8/h3-4H,1-2H3. The zero-order chi connectivity index (χ0) is 11.7. The van der Waals surface area contributed by atoms with Gasteiger partial charge in [-0.2, -0.15) is 0 Å². The van der Waals surface area contributed by atoms with Crippen molar-refractivity contribution in [2.45, 2.75) is 6.92 Å². The number of aromatic nitrogens is 1. The minimum absolute atomic E-state index is 0.380. The number of nitrogens with zero attached hydrogens (tertiary/aromatic N) is 1. The third-order valence-electron chi connectivity index (χ3n) is 2.05. The van der Waals surface area contributed by atoms with E-state index in [1.165, 1.54) is 18.4 Å². The first-order valence-corrected chi connectivity index (χ1v) is 6.91. The monoisotopic (exact) mass is 317 g/mol. The maximum Gasteiger partial charge on any atom is 0.358 e. The van der Waals surface area contributed by atoms with Crippen LogP contribution in [0.15, 0.2) is 15.4 Å². The molecule has 6 heteroatoms. The van der Waals surface area contributed by atoms with E-state index in [1.807, 2.05) is 18.4 Å². The van der Waals surface area contributed by atoms with Gasteiger partial charge in [0.25, 0.3) is 0 Å². The molecule has 0 spiro atoms. The van der Waals surface area contributed by atoms with E-state index < -0.39 is 5.97 Å². The lowest BCUT2D eigenvalue weighted by molar-refractivity contribution is 0.0595. The van der Waals surface area contributed by atoms with Gasteiger partial charge in [0, 0.05) is 4.88 Å². The summed E-state index contributed by atoms with van der Waals surface area (Å²) in [5, 5.41) is 2.00. The van der Waals surface area contributed by atoms with Crippen LogP contribution in [0, 0.1) is 6.92 Å². The zero-order valence-electron chi connectivity index (χ0n) is 8.61. The largest absolute Gasteiger partial charge is 0.464 e. The number of hydrogen-bond acceptors (Lipinski definition) is 5. The van der Waals surface area contributed by atoms with E-state index in [-0.39, 0.29) is 0 Å². The number of thiophene rings is 1. The maximum absolute atomic E-state index is 11.6. The first-order chi connectivity index (χ1) is 7.63. The summed E-state index contributed by atoms with van der Waals surface area (Å²) in [5.41, 5.74) is 1.52. The summed E-state index contributed by atoms with van der Waals surface area (Å²) in [5.74, 6) is -0.398. The maximum atomic E-state index is 11.6. The fraction of sp³-hybridized carbons (Fsp3) is 0.200. The molecule has 3 nitrogen and oxygen atoms in total. The van der Waals surface area contributed by atoms with Crippen LogP contribution in [0.4, 0.5) is 0 Å². The Morgan fingerprint density at radius 3 is 2.81 bits per heavy atom. The molecule has 0 aliphatic rings. The quantitative estimate of drug-likeness (QED) is 0.792. The Labute approximate surface area is 109 Å². The van der Waals surface area contributed by atoms with Crippen LogP contribution in [0.3, 0.4) is 0 Å². The van der Waals surface area contributed by atoms with E-state index in [2.05, 4.69) is 20.9 Å². The molecule has 0 amide bonds. The van der Waals surface area contributed by atoms with Crippen molar-refractivity contribution in [1.29, 1.82) is 0 Å². The summed E-state index contributed by atoms with van der Waals surface area (Å²) in [6.45, 7) is 2.01. The van der Waals surface area contributed by atoms with Gasteiger partial charge in [0.1, 0.15) is 0 Å². The van der Waals surface area contributed by atoms with Gasteiger partial charge in [-0.25, -0.2) is 9.78 Å². The summed E-state index contributed by atoms with van der Waals surface area (Å²) in [7, 11) is 1.36. The third kappa shape index (κ3) is 2.05. The molecule has 0 aliphatic heterocycles. The number of thiazole rings is 1. The van der Waals surface area contributed by atoms with Crippen molar-refractivity contribution in [1.82, 2.24) is 4.98 Å². The van der Waals surface area contributed by atoms with Gasteiger partial charge in [-0.15, -0.1) is 22.7 Å². The molecule has 2 heterocycles. The molecule has 0 saturated heterocycles. The normalized spacial score (nSPS) is 10.4. The molecule has 0 atom stereocenters. The van der Waals surface area contributed by atoms with Crippen molar-refractivity contribution < 1.29 is 9.53 Å². The number of aryl methyl sites for hydroxylation is 1. The third-order valence-corrected chi connectivity index (χ3v) is 4.74. The van der Waals surface area contributed by atoms with Crippen molar-refractivity contribution in [2.75, 3.05) is 7.11 Å². The number of carbonyl (C=O) groups excluding carboxylic acids is 1. The predicted molar refractivity (Wildman–Crippen MR) is 69.2 cm³/mol. The Kier molecular flexibility index (Phi) is 3.41. The van der Waals surface area contributed by atoms with Crippen LogP contribution >= 0.6 is 38.6 Å². The number of halogens is 1. The van der Waals surface area contributed by atoms with Gasteiger partial charge in [0.05, 0.1) is 12.0 Å². The molecule has 2 aromatic rings. The van der Waals surface area contributed by atoms with Gasteiger partial charge in [0.2, 0.25) is 0 Å². The molecule has 0 aliphatic carbocycles. The van der Waals surface area contributed by atoms with Crippen molar-refractivity contribution in [3.63, 3.8) is 0 Å². The average molecular weight is 318 g/mol. The molecule has 0 saturated carbocycles. The Balaban J connectivity index is 2.57. The number of methoxy groups -OCH3 is 1. The van der Waals surface area contributed by atoms with Gasteiger partial charge in [0.15, 0.2) is 9.61 Å². The Morgan fingerprint density at radius 2 is 2.25 bits per heavy atom. The van der Waals surface area contributed by atoms with Crippen LogP contribution < -0.4 is 0 Å². The highest BCUT2D eigenvalue weighted by molar-refractivity contribution is 9.11. The van der Waals surface area contributed by atoms with Crippen LogP contribution in [0.5, 0.6) is 0 Å². The fourth-order valence-corrected chi connectivity index (χ4v) is 3.87. The molecule has 0 radical (unpaired) electrons. The number of ether oxygens (including phenoxy) is 1. The molecule has 0 N–H and O–H groups in total. The summed E-state index contributed by atoms with van der Waals surface area (Å²) in [4.78, 5) is 17.6. The molecule has 0 fully saturated rings. The lowest BCUT2D eigenvalue weighted by atomic mass is 10.2. The summed E-state index contributed by atoms with van der Waals surface area (Å²) < 4.78 is 5.41. The first-order valence-electron chi connectivity index (χ1n) is 4.42. The zero-order valence-corrected chi connectivity index (χ0v) is 11.8. The van der Waals surface area contributed by atoms with E-state index >= 15 is 0 Å². The van der Waals surface area contributed by atoms with Gasteiger partial charge in [-0.1, -0.05) is 0 Å². The van der Waals surface area contributed by atoms with Gasteiger partial charge in [-0.3, -0.25) is 0 Å². The first kappa shape index (κ1) is 11.8. The summed E-state index contributed by atoms with van der Waals surface area (Å²) >= 11 is 6.34. The fourth-order valence-electron chi connectivity index (χ4n) is 1.29. The van der Waals surface area contributed by atoms with E-state index in [9.17, 15) is 4.79 Å². The molecule has 16 heavy (non-hydrogen) atoms. The Morgan fingerprint density at radius 1 is 1.50 bits per heavy atom. The lowest BCUT2D eigenvalue weighted by Crippen LogP contribution is -2.02. The molecule has 0 bridgehead atoms. The minimum atomic E-state index is -0.398. The highest BCUT2D eigenvalue weighted by atomic mass is 79.9. The number of esters is 1. The molecule has 84 valence electrons. The molecule has 0 unspecified atom stereocenters. The van der Waals surface area contributed by atoms with E-state index in [0.29, 0.717) is 9.61 Å². The summed E-state index contributed by atoms with van der Waals surface area (Å²) in [6, 6.07) is 2.02. The predicted octanol–water partition coefficient (Wildman–Crippen LogP) is 3.73. The van der Waals surface area contributed by atoms with E-state index in [4.69, 9.17) is 4.74 Å². The van der Waals surface area contributed by atoms with E-state index in [0.717, 1.165) is 15.3 Å². The number of rotatable bonds is 2. The minimum Gasteiger partial charge on any atom is -0.464 e. The smallest absolute Gasteiger partial charge is 0.358 e. The molecule has 0 aromatic carbocycles. The number of carbonyl (C=O) groups is 1. The van der Waals surface area contributed by atoms with Crippen LogP contribution in [-0.2, 0) is 4.74 Å². The van der Waals surface area contributed by atoms with Crippen molar-refractivity contribution in [2.24, 2.45) is 0 Å². The van der Waals surface area contributed by atoms with Gasteiger partial charge < -0.3 is 4.74 Å². The second-order valence-corrected chi connectivity index (χ2v) is 6.26. The molecular weight excluding hydrogens is 310 g/mol. The molecular formula is C10H8BrNO2S2. The van der Waals surface area contributed by atoms with Crippen molar-refractivity contribution in [3.8, 4) is 9.75 Å². The van der Waals surface area contributed by atoms with Crippen LogP contribution in [0.1, 0.15) is 16.1 Å². The lowest BCUT2D eigenvalue weighted by Gasteiger charge is -1.99. The SMILES string of the molecule is COC(=O)c1nc(Br)sc1-c1sccc1C.